The summed E-state index contributed by atoms with van der Waals surface area (Å²) in [6.07, 6.45) is 8.92. The van der Waals surface area contributed by atoms with Crippen molar-refractivity contribution < 1.29 is 4.79 Å². The third kappa shape index (κ3) is 3.80. The zero-order chi connectivity index (χ0) is 15.4. The summed E-state index contributed by atoms with van der Waals surface area (Å²) in [4.78, 5) is 15.0. The third-order valence-corrected chi connectivity index (χ3v) is 5.79. The van der Waals surface area contributed by atoms with Crippen molar-refractivity contribution in [3.8, 4) is 0 Å². The van der Waals surface area contributed by atoms with Crippen molar-refractivity contribution in [2.24, 2.45) is 17.8 Å². The molecule has 5 unspecified atom stereocenters. The summed E-state index contributed by atoms with van der Waals surface area (Å²) in [5.74, 6) is 2.28. The Bertz CT molecular complexity index is 344. The summed E-state index contributed by atoms with van der Waals surface area (Å²) in [6.45, 7) is 9.94. The molecule has 1 amide bonds. The molecule has 2 rings (SSSR count). The number of rotatable bonds is 6. The first-order valence-corrected chi connectivity index (χ1v) is 9.15. The van der Waals surface area contributed by atoms with E-state index in [1.54, 1.807) is 0 Å². The number of nitrogens with zero attached hydrogens (tertiary/aromatic N) is 1. The molecule has 3 nitrogen and oxygen atoms in total. The smallest absolute Gasteiger partial charge is 0.241 e. The highest BCUT2D eigenvalue weighted by atomic mass is 16.2. The first-order valence-electron chi connectivity index (χ1n) is 9.15. The van der Waals surface area contributed by atoms with Crippen molar-refractivity contribution in [3.05, 3.63) is 0 Å². The Kier molecular flexibility index (Phi) is 6.09. The Hall–Kier alpha value is -0.570. The van der Waals surface area contributed by atoms with Gasteiger partial charge in [-0.3, -0.25) is 10.1 Å². The average Bonchev–Trinajstić information content (AvgIpc) is 2.78. The summed E-state index contributed by atoms with van der Waals surface area (Å²) < 4.78 is 0. The van der Waals surface area contributed by atoms with Gasteiger partial charge in [0.15, 0.2) is 0 Å². The van der Waals surface area contributed by atoms with Crippen LogP contribution in [0.15, 0.2) is 0 Å². The molecule has 1 aliphatic heterocycles. The van der Waals surface area contributed by atoms with Gasteiger partial charge in [0.1, 0.15) is 0 Å². The van der Waals surface area contributed by atoms with Crippen LogP contribution in [0.25, 0.3) is 0 Å². The van der Waals surface area contributed by atoms with Crippen LogP contribution >= 0.6 is 0 Å². The number of carbonyl (C=O) groups is 1. The van der Waals surface area contributed by atoms with Crippen molar-refractivity contribution in [1.29, 1.82) is 0 Å². The van der Waals surface area contributed by atoms with E-state index in [0.717, 1.165) is 31.7 Å². The second-order valence-electron chi connectivity index (χ2n) is 7.35. The third-order valence-electron chi connectivity index (χ3n) is 5.79. The lowest BCUT2D eigenvalue weighted by atomic mass is 9.80. The van der Waals surface area contributed by atoms with Gasteiger partial charge in [0, 0.05) is 6.54 Å². The highest BCUT2D eigenvalue weighted by Gasteiger charge is 2.41. The van der Waals surface area contributed by atoms with E-state index in [1.165, 1.54) is 25.7 Å². The Morgan fingerprint density at radius 2 is 2.00 bits per heavy atom. The van der Waals surface area contributed by atoms with E-state index >= 15 is 0 Å². The summed E-state index contributed by atoms with van der Waals surface area (Å²) in [7, 11) is 0. The van der Waals surface area contributed by atoms with E-state index in [4.69, 9.17) is 0 Å². The van der Waals surface area contributed by atoms with Crippen LogP contribution in [0.1, 0.15) is 72.6 Å². The predicted molar refractivity (Wildman–Crippen MR) is 87.9 cm³/mol. The first kappa shape index (κ1) is 16.8. The number of hydrogen-bond donors (Lipinski definition) is 1. The molecule has 1 saturated carbocycles. The average molecular weight is 294 g/mol. The maximum absolute atomic E-state index is 12.8. The van der Waals surface area contributed by atoms with Crippen molar-refractivity contribution in [2.75, 3.05) is 6.54 Å². The van der Waals surface area contributed by atoms with Gasteiger partial charge in [0.05, 0.1) is 12.2 Å². The maximum Gasteiger partial charge on any atom is 0.241 e. The summed E-state index contributed by atoms with van der Waals surface area (Å²) in [5, 5.41) is 3.62. The van der Waals surface area contributed by atoms with E-state index in [-0.39, 0.29) is 12.2 Å². The topological polar surface area (TPSA) is 32.3 Å². The molecule has 2 fully saturated rings. The van der Waals surface area contributed by atoms with Gasteiger partial charge in [-0.25, -0.2) is 0 Å². The Morgan fingerprint density at radius 1 is 1.29 bits per heavy atom. The fraction of sp³-hybridized carbons (Fsp3) is 0.944. The molecule has 1 saturated heterocycles. The fourth-order valence-corrected chi connectivity index (χ4v) is 3.99. The molecular formula is C18H34N2O. The number of hydrogen-bond acceptors (Lipinski definition) is 2. The quantitative estimate of drug-likeness (QED) is 0.808. The molecule has 3 heteroatoms. The zero-order valence-electron chi connectivity index (χ0n) is 14.4. The lowest BCUT2D eigenvalue weighted by Gasteiger charge is -2.34. The van der Waals surface area contributed by atoms with Crippen LogP contribution in [0, 0.1) is 17.8 Å². The number of nitrogens with one attached hydrogen (secondary N) is 1. The molecule has 1 N–H and O–H groups in total. The van der Waals surface area contributed by atoms with E-state index in [9.17, 15) is 4.79 Å². The van der Waals surface area contributed by atoms with E-state index < -0.39 is 0 Å². The van der Waals surface area contributed by atoms with Gasteiger partial charge in [-0.05, 0) is 30.6 Å². The van der Waals surface area contributed by atoms with Crippen molar-refractivity contribution in [2.45, 2.75) is 84.8 Å². The second kappa shape index (κ2) is 7.62. The van der Waals surface area contributed by atoms with E-state index in [0.29, 0.717) is 17.7 Å². The van der Waals surface area contributed by atoms with E-state index in [1.807, 2.05) is 0 Å². The number of carbonyl (C=O) groups excluding carboxylic acids is 1. The first-order chi connectivity index (χ1) is 10.1. The molecule has 21 heavy (non-hydrogen) atoms. The maximum atomic E-state index is 12.8. The lowest BCUT2D eigenvalue weighted by molar-refractivity contribution is -0.132. The highest BCUT2D eigenvalue weighted by Crippen LogP contribution is 2.32. The van der Waals surface area contributed by atoms with Crippen molar-refractivity contribution in [3.63, 3.8) is 0 Å². The Balaban J connectivity index is 2.04. The van der Waals surface area contributed by atoms with Crippen LogP contribution in [0.3, 0.4) is 0 Å². The Labute approximate surface area is 130 Å². The normalized spacial score (nSPS) is 35.2. The molecule has 2 aliphatic rings. The molecule has 1 aliphatic carbocycles. The lowest BCUT2D eigenvalue weighted by Crippen LogP contribution is -2.42. The van der Waals surface area contributed by atoms with E-state index in [2.05, 4.69) is 37.9 Å². The predicted octanol–water partition coefficient (Wildman–Crippen LogP) is 3.79. The molecule has 0 aromatic rings. The molecule has 1 heterocycles. The minimum absolute atomic E-state index is 0.0467. The van der Waals surface area contributed by atoms with Crippen molar-refractivity contribution >= 4 is 5.91 Å². The summed E-state index contributed by atoms with van der Waals surface area (Å²) >= 11 is 0. The van der Waals surface area contributed by atoms with Gasteiger partial charge >= 0.3 is 0 Å². The molecule has 5 atom stereocenters. The van der Waals surface area contributed by atoms with Crippen LogP contribution in [0.2, 0.25) is 0 Å². The van der Waals surface area contributed by atoms with Crippen LogP contribution in [-0.2, 0) is 4.79 Å². The van der Waals surface area contributed by atoms with Gasteiger partial charge in [-0.15, -0.1) is 0 Å². The van der Waals surface area contributed by atoms with Gasteiger partial charge < -0.3 is 4.90 Å². The molecular weight excluding hydrogens is 260 g/mol. The molecule has 0 aromatic carbocycles. The largest absolute Gasteiger partial charge is 0.326 e. The van der Waals surface area contributed by atoms with Crippen LogP contribution in [-0.4, -0.2) is 29.6 Å². The monoisotopic (exact) mass is 294 g/mol. The van der Waals surface area contributed by atoms with Crippen LogP contribution in [0.4, 0.5) is 0 Å². The molecule has 0 radical (unpaired) electrons. The molecule has 0 aromatic heterocycles. The zero-order valence-corrected chi connectivity index (χ0v) is 14.4. The number of amides is 1. The van der Waals surface area contributed by atoms with Gasteiger partial charge in [0.25, 0.3) is 0 Å². The van der Waals surface area contributed by atoms with Crippen LogP contribution in [0.5, 0.6) is 0 Å². The Morgan fingerprint density at radius 3 is 2.62 bits per heavy atom. The van der Waals surface area contributed by atoms with Gasteiger partial charge in [0.2, 0.25) is 5.91 Å². The molecule has 0 spiro atoms. The summed E-state index contributed by atoms with van der Waals surface area (Å²) in [6, 6.07) is 0.0467. The summed E-state index contributed by atoms with van der Waals surface area (Å²) in [5.41, 5.74) is 0. The molecule has 0 bridgehead atoms. The van der Waals surface area contributed by atoms with Gasteiger partial charge in [-0.2, -0.15) is 0 Å². The second-order valence-corrected chi connectivity index (χ2v) is 7.35. The standard InChI is InChI=1S/C18H34N2O/c1-5-9-16-19-17(13(3)6-2)18(21)20(16)12-15-11-8-7-10-14(15)4/h13-17,19H,5-12H2,1-4H3. The SMILES string of the molecule is CCCC1NC(C(C)CC)C(=O)N1CC1CCCCC1C. The fourth-order valence-electron chi connectivity index (χ4n) is 3.99. The van der Waals surface area contributed by atoms with Gasteiger partial charge in [-0.1, -0.05) is 59.8 Å². The minimum atomic E-state index is 0.0467. The highest BCUT2D eigenvalue weighted by molar-refractivity contribution is 5.84. The van der Waals surface area contributed by atoms with Crippen molar-refractivity contribution in [1.82, 2.24) is 10.2 Å². The van der Waals surface area contributed by atoms with Crippen LogP contribution < -0.4 is 5.32 Å². The molecule has 122 valence electrons. The minimum Gasteiger partial charge on any atom is -0.326 e.